The van der Waals surface area contributed by atoms with Crippen LogP contribution in [-0.4, -0.2) is 42.2 Å². The number of benzene rings is 1. The molecule has 0 radical (unpaired) electrons. The summed E-state index contributed by atoms with van der Waals surface area (Å²) in [5.41, 5.74) is 6.32. The quantitative estimate of drug-likeness (QED) is 0.721. The van der Waals surface area contributed by atoms with E-state index in [2.05, 4.69) is 5.32 Å². The molecule has 110 valence electrons. The number of aliphatic hydroxyl groups excluding tert-OH is 1. The Labute approximate surface area is 117 Å². The molecule has 1 fully saturated rings. The summed E-state index contributed by atoms with van der Waals surface area (Å²) in [4.78, 5) is 13.9. The van der Waals surface area contributed by atoms with Crippen LogP contribution in [0.2, 0.25) is 0 Å². The van der Waals surface area contributed by atoms with E-state index in [9.17, 15) is 9.18 Å². The predicted octanol–water partition coefficient (Wildman–Crippen LogP) is 1.05. The summed E-state index contributed by atoms with van der Waals surface area (Å²) in [5.74, 6) is -0.426. The van der Waals surface area contributed by atoms with Crippen LogP contribution in [0.3, 0.4) is 0 Å². The Morgan fingerprint density at radius 3 is 3.10 bits per heavy atom. The summed E-state index contributed by atoms with van der Waals surface area (Å²) in [6, 6.07) is 3.88. The normalized spacial score (nSPS) is 19.8. The number of hydrogen-bond acceptors (Lipinski definition) is 4. The highest BCUT2D eigenvalue weighted by Crippen LogP contribution is 2.20. The van der Waals surface area contributed by atoms with Crippen molar-refractivity contribution in [2.24, 2.45) is 5.92 Å². The molecule has 1 amide bonds. The number of amides is 1. The van der Waals surface area contributed by atoms with Gasteiger partial charge in [-0.2, -0.15) is 0 Å². The Hall–Kier alpha value is -1.66. The number of rotatable bonds is 4. The lowest BCUT2D eigenvalue weighted by molar-refractivity contribution is -0.117. The van der Waals surface area contributed by atoms with Crippen molar-refractivity contribution in [3.8, 4) is 0 Å². The third kappa shape index (κ3) is 3.91. The molecule has 0 spiro atoms. The summed E-state index contributed by atoms with van der Waals surface area (Å²) in [7, 11) is 0. The van der Waals surface area contributed by atoms with Gasteiger partial charge in [0.25, 0.3) is 0 Å². The van der Waals surface area contributed by atoms with Crippen molar-refractivity contribution in [3.63, 3.8) is 0 Å². The van der Waals surface area contributed by atoms with Gasteiger partial charge in [-0.05, 0) is 43.5 Å². The van der Waals surface area contributed by atoms with Gasteiger partial charge in [0.2, 0.25) is 5.91 Å². The second kappa shape index (κ2) is 6.67. The standard InChI is InChI=1S/C14H20FN3O2/c15-11-3-4-12(16)13(6-11)17-14(20)8-18-5-1-2-10(7-18)9-19/h3-4,6,10,19H,1-2,5,7-9,16H2,(H,17,20). The van der Waals surface area contributed by atoms with Crippen molar-refractivity contribution in [1.29, 1.82) is 0 Å². The minimum Gasteiger partial charge on any atom is -0.397 e. The first-order valence-electron chi connectivity index (χ1n) is 6.76. The molecule has 1 atom stereocenters. The van der Waals surface area contributed by atoms with Crippen LogP contribution in [0.15, 0.2) is 18.2 Å². The van der Waals surface area contributed by atoms with Gasteiger partial charge in [0.1, 0.15) is 5.82 Å². The highest BCUT2D eigenvalue weighted by molar-refractivity contribution is 5.95. The molecule has 1 aromatic carbocycles. The van der Waals surface area contributed by atoms with E-state index in [1.54, 1.807) is 0 Å². The molecule has 4 N–H and O–H groups in total. The average molecular weight is 281 g/mol. The first kappa shape index (κ1) is 14.7. The van der Waals surface area contributed by atoms with Gasteiger partial charge >= 0.3 is 0 Å². The molecule has 2 rings (SSSR count). The molecule has 1 saturated heterocycles. The topological polar surface area (TPSA) is 78.6 Å². The van der Waals surface area contributed by atoms with Crippen LogP contribution >= 0.6 is 0 Å². The van der Waals surface area contributed by atoms with Crippen LogP contribution in [0, 0.1) is 11.7 Å². The van der Waals surface area contributed by atoms with E-state index in [0.29, 0.717) is 17.9 Å². The fraction of sp³-hybridized carbons (Fsp3) is 0.500. The third-order valence-corrected chi connectivity index (χ3v) is 3.52. The number of hydrogen-bond donors (Lipinski definition) is 3. The highest BCUT2D eigenvalue weighted by atomic mass is 19.1. The molecule has 1 unspecified atom stereocenters. The highest BCUT2D eigenvalue weighted by Gasteiger charge is 2.21. The minimum absolute atomic E-state index is 0.148. The summed E-state index contributed by atoms with van der Waals surface area (Å²) < 4.78 is 13.1. The largest absolute Gasteiger partial charge is 0.397 e. The maximum Gasteiger partial charge on any atom is 0.238 e. The molecule has 0 saturated carbocycles. The summed E-state index contributed by atoms with van der Waals surface area (Å²) in [6.07, 6.45) is 1.96. The van der Waals surface area contributed by atoms with E-state index < -0.39 is 5.82 Å². The van der Waals surface area contributed by atoms with Crippen molar-refractivity contribution in [2.45, 2.75) is 12.8 Å². The molecule has 1 aliphatic heterocycles. The van der Waals surface area contributed by atoms with Crippen molar-refractivity contribution < 1.29 is 14.3 Å². The van der Waals surface area contributed by atoms with Gasteiger partial charge in [-0.25, -0.2) is 4.39 Å². The fourth-order valence-electron chi connectivity index (χ4n) is 2.47. The third-order valence-electron chi connectivity index (χ3n) is 3.52. The number of carbonyl (C=O) groups is 1. The van der Waals surface area contributed by atoms with Gasteiger partial charge in [-0.1, -0.05) is 0 Å². The van der Waals surface area contributed by atoms with E-state index >= 15 is 0 Å². The van der Waals surface area contributed by atoms with E-state index in [-0.39, 0.29) is 25.0 Å². The Morgan fingerprint density at radius 2 is 2.35 bits per heavy atom. The van der Waals surface area contributed by atoms with E-state index in [4.69, 9.17) is 10.8 Å². The molecule has 0 aromatic heterocycles. The van der Waals surface area contributed by atoms with Crippen LogP contribution in [0.4, 0.5) is 15.8 Å². The van der Waals surface area contributed by atoms with Crippen LogP contribution in [0.5, 0.6) is 0 Å². The molecular weight excluding hydrogens is 261 g/mol. The van der Waals surface area contributed by atoms with Crippen molar-refractivity contribution in [3.05, 3.63) is 24.0 Å². The zero-order valence-electron chi connectivity index (χ0n) is 11.3. The predicted molar refractivity (Wildman–Crippen MR) is 75.7 cm³/mol. The monoisotopic (exact) mass is 281 g/mol. The van der Waals surface area contributed by atoms with Crippen LogP contribution in [0.1, 0.15) is 12.8 Å². The molecule has 1 aromatic rings. The smallest absolute Gasteiger partial charge is 0.238 e. The number of nitrogen functional groups attached to an aromatic ring is 1. The van der Waals surface area contributed by atoms with Gasteiger partial charge in [0.05, 0.1) is 17.9 Å². The van der Waals surface area contributed by atoms with Gasteiger partial charge in [-0.3, -0.25) is 9.69 Å². The number of carbonyl (C=O) groups excluding carboxylic acids is 1. The number of aliphatic hydroxyl groups is 1. The second-order valence-electron chi connectivity index (χ2n) is 5.21. The first-order chi connectivity index (χ1) is 9.58. The number of nitrogens with two attached hydrogens (primary N) is 1. The summed E-state index contributed by atoms with van der Waals surface area (Å²) >= 11 is 0. The van der Waals surface area contributed by atoms with E-state index in [1.807, 2.05) is 4.90 Å². The minimum atomic E-state index is -0.437. The fourth-order valence-corrected chi connectivity index (χ4v) is 2.47. The average Bonchev–Trinajstić information content (AvgIpc) is 2.43. The number of piperidine rings is 1. The Balaban J connectivity index is 1.90. The molecule has 6 heteroatoms. The molecule has 20 heavy (non-hydrogen) atoms. The van der Waals surface area contributed by atoms with Crippen LogP contribution in [-0.2, 0) is 4.79 Å². The molecule has 0 bridgehead atoms. The molecule has 0 aliphatic carbocycles. The lowest BCUT2D eigenvalue weighted by Gasteiger charge is -2.31. The number of likely N-dealkylation sites (tertiary alicyclic amines) is 1. The molecule has 1 heterocycles. The Morgan fingerprint density at radius 1 is 1.55 bits per heavy atom. The zero-order valence-corrected chi connectivity index (χ0v) is 11.3. The first-order valence-corrected chi connectivity index (χ1v) is 6.76. The Bertz CT molecular complexity index is 481. The summed E-state index contributed by atoms with van der Waals surface area (Å²) in [6.45, 7) is 1.92. The second-order valence-corrected chi connectivity index (χ2v) is 5.21. The zero-order chi connectivity index (χ0) is 14.5. The maximum absolute atomic E-state index is 13.1. The van der Waals surface area contributed by atoms with Crippen LogP contribution in [0.25, 0.3) is 0 Å². The van der Waals surface area contributed by atoms with Crippen molar-refractivity contribution in [1.82, 2.24) is 4.90 Å². The SMILES string of the molecule is Nc1ccc(F)cc1NC(=O)CN1CCCC(CO)C1. The van der Waals surface area contributed by atoms with E-state index in [0.717, 1.165) is 19.4 Å². The molecule has 1 aliphatic rings. The van der Waals surface area contributed by atoms with Gasteiger partial charge in [0, 0.05) is 13.2 Å². The number of nitrogens with zero attached hydrogens (tertiary/aromatic N) is 1. The molecule has 5 nitrogen and oxygen atoms in total. The van der Waals surface area contributed by atoms with E-state index in [1.165, 1.54) is 18.2 Å². The Kier molecular flexibility index (Phi) is 4.92. The molecular formula is C14H20FN3O2. The van der Waals surface area contributed by atoms with Gasteiger partial charge < -0.3 is 16.2 Å². The van der Waals surface area contributed by atoms with Gasteiger partial charge in [-0.15, -0.1) is 0 Å². The lowest BCUT2D eigenvalue weighted by Crippen LogP contribution is -2.41. The van der Waals surface area contributed by atoms with Gasteiger partial charge in [0.15, 0.2) is 0 Å². The number of anilines is 2. The number of halogens is 1. The lowest BCUT2D eigenvalue weighted by atomic mass is 9.99. The van der Waals surface area contributed by atoms with Crippen molar-refractivity contribution in [2.75, 3.05) is 37.3 Å². The maximum atomic E-state index is 13.1. The van der Waals surface area contributed by atoms with Crippen molar-refractivity contribution >= 4 is 17.3 Å². The van der Waals surface area contributed by atoms with Crippen LogP contribution < -0.4 is 11.1 Å². The summed E-state index contributed by atoms with van der Waals surface area (Å²) in [5, 5.41) is 11.8. The number of nitrogens with one attached hydrogen (secondary N) is 1.